The van der Waals surface area contributed by atoms with Crippen LogP contribution < -0.4 is 17.2 Å². The fourth-order valence-electron chi connectivity index (χ4n) is 3.15. The van der Waals surface area contributed by atoms with E-state index in [1.165, 1.54) is 51.5 Å². The lowest BCUT2D eigenvalue weighted by molar-refractivity contribution is 0.265. The highest BCUT2D eigenvalue weighted by Gasteiger charge is 2.04. The average molecular weight is 355 g/mol. The molecule has 6 N–H and O–H groups in total. The highest BCUT2D eigenvalue weighted by molar-refractivity contribution is 5.02. The van der Waals surface area contributed by atoms with Crippen LogP contribution in [0.2, 0.25) is 0 Å². The minimum atomic E-state index is 0.780. The third-order valence-electron chi connectivity index (χ3n) is 4.70. The normalized spacial score (nSPS) is 12.5. The summed E-state index contributed by atoms with van der Waals surface area (Å²) < 4.78 is 0. The van der Waals surface area contributed by atoms with E-state index >= 15 is 0 Å². The second kappa shape index (κ2) is 18.4. The maximum Gasteiger partial charge on any atom is -0.000671 e. The molecule has 0 aromatic carbocycles. The first-order valence-corrected chi connectivity index (χ1v) is 10.6. The first kappa shape index (κ1) is 24.6. The number of hydrogen-bond acceptors (Lipinski definition) is 4. The molecule has 25 heavy (non-hydrogen) atoms. The molecule has 0 radical (unpaired) electrons. The summed E-state index contributed by atoms with van der Waals surface area (Å²) in [4.78, 5) is 2.53. The van der Waals surface area contributed by atoms with Crippen molar-refractivity contribution in [2.24, 2.45) is 23.1 Å². The van der Waals surface area contributed by atoms with Crippen LogP contribution in [0.1, 0.15) is 78.1 Å². The number of hydrogen-bond donors (Lipinski definition) is 3. The van der Waals surface area contributed by atoms with Crippen LogP contribution in [0.25, 0.3) is 0 Å². The van der Waals surface area contributed by atoms with Gasteiger partial charge in [-0.3, -0.25) is 0 Å². The zero-order chi connectivity index (χ0) is 18.8. The monoisotopic (exact) mass is 354 g/mol. The summed E-state index contributed by atoms with van der Waals surface area (Å²) in [7, 11) is 0. The van der Waals surface area contributed by atoms with Crippen molar-refractivity contribution in [1.29, 1.82) is 0 Å². The van der Waals surface area contributed by atoms with E-state index in [1.807, 2.05) is 0 Å². The van der Waals surface area contributed by atoms with Crippen LogP contribution in [-0.4, -0.2) is 44.2 Å². The fraction of sp³-hybridized carbons (Fsp3) is 0.905. The lowest BCUT2D eigenvalue weighted by atomic mass is 9.98. The summed E-state index contributed by atoms with van der Waals surface area (Å²) >= 11 is 0. The van der Waals surface area contributed by atoms with E-state index in [4.69, 9.17) is 17.2 Å². The van der Waals surface area contributed by atoms with Crippen molar-refractivity contribution in [1.82, 2.24) is 4.90 Å². The second-order valence-corrected chi connectivity index (χ2v) is 7.66. The van der Waals surface area contributed by atoms with Gasteiger partial charge in [0, 0.05) is 0 Å². The minimum Gasteiger partial charge on any atom is -0.330 e. The molecule has 0 atom stereocenters. The predicted octanol–water partition coefficient (Wildman–Crippen LogP) is 3.65. The Labute approximate surface area is 157 Å². The number of unbranched alkanes of at least 4 members (excludes halogenated alkanes) is 2. The summed E-state index contributed by atoms with van der Waals surface area (Å²) in [5.74, 6) is 0.809. The SMILES string of the molecule is CC(C)CCC/C(=C/CCCCN(CCCN)CCCN)CCCN. The first-order valence-electron chi connectivity index (χ1n) is 10.6. The number of nitrogens with two attached hydrogens (primary N) is 3. The van der Waals surface area contributed by atoms with Crippen LogP contribution in [0.4, 0.5) is 0 Å². The summed E-state index contributed by atoms with van der Waals surface area (Å²) in [5.41, 5.74) is 18.6. The number of allylic oxidation sites excluding steroid dienone is 2. The fourth-order valence-corrected chi connectivity index (χ4v) is 3.15. The molecule has 0 aliphatic rings. The van der Waals surface area contributed by atoms with Gasteiger partial charge in [-0.25, -0.2) is 0 Å². The molecule has 0 spiro atoms. The molecular weight excluding hydrogens is 308 g/mol. The summed E-state index contributed by atoms with van der Waals surface area (Å²) in [6, 6.07) is 0. The minimum absolute atomic E-state index is 0.780. The largest absolute Gasteiger partial charge is 0.330 e. The molecule has 0 amide bonds. The van der Waals surface area contributed by atoms with E-state index in [9.17, 15) is 0 Å². The Morgan fingerprint density at radius 3 is 1.88 bits per heavy atom. The Bertz CT molecular complexity index is 294. The van der Waals surface area contributed by atoms with Crippen LogP contribution >= 0.6 is 0 Å². The lowest BCUT2D eigenvalue weighted by Gasteiger charge is -2.21. The molecule has 0 heterocycles. The molecule has 0 aliphatic carbocycles. The van der Waals surface area contributed by atoms with Crippen LogP contribution in [-0.2, 0) is 0 Å². The molecule has 0 fully saturated rings. The maximum atomic E-state index is 5.69. The molecule has 0 aliphatic heterocycles. The van der Waals surface area contributed by atoms with Crippen molar-refractivity contribution in [3.05, 3.63) is 11.6 Å². The van der Waals surface area contributed by atoms with Crippen molar-refractivity contribution in [2.75, 3.05) is 39.3 Å². The maximum absolute atomic E-state index is 5.69. The van der Waals surface area contributed by atoms with Gasteiger partial charge in [0.25, 0.3) is 0 Å². The molecule has 0 saturated carbocycles. The van der Waals surface area contributed by atoms with Gasteiger partial charge in [0.15, 0.2) is 0 Å². The molecule has 4 heteroatoms. The van der Waals surface area contributed by atoms with Crippen LogP contribution in [0.3, 0.4) is 0 Å². The van der Waals surface area contributed by atoms with E-state index < -0.39 is 0 Å². The van der Waals surface area contributed by atoms with E-state index in [-0.39, 0.29) is 0 Å². The number of nitrogens with zero attached hydrogens (tertiary/aromatic N) is 1. The molecule has 4 nitrogen and oxygen atoms in total. The van der Waals surface area contributed by atoms with Gasteiger partial charge < -0.3 is 22.1 Å². The smallest absolute Gasteiger partial charge is 0.000671 e. The third-order valence-corrected chi connectivity index (χ3v) is 4.70. The topological polar surface area (TPSA) is 81.3 Å². The summed E-state index contributed by atoms with van der Waals surface area (Å²) in [6.45, 7) is 10.4. The molecule has 0 aromatic heterocycles. The molecule has 0 aromatic rings. The van der Waals surface area contributed by atoms with Gasteiger partial charge in [0.2, 0.25) is 0 Å². The quantitative estimate of drug-likeness (QED) is 0.259. The van der Waals surface area contributed by atoms with Gasteiger partial charge >= 0.3 is 0 Å². The van der Waals surface area contributed by atoms with E-state index in [0.717, 1.165) is 57.9 Å². The molecule has 150 valence electrons. The van der Waals surface area contributed by atoms with Crippen molar-refractivity contribution >= 4 is 0 Å². The van der Waals surface area contributed by atoms with Gasteiger partial charge in [-0.15, -0.1) is 0 Å². The predicted molar refractivity (Wildman–Crippen MR) is 113 cm³/mol. The zero-order valence-corrected chi connectivity index (χ0v) is 17.1. The number of rotatable bonds is 18. The van der Waals surface area contributed by atoms with Crippen molar-refractivity contribution in [3.63, 3.8) is 0 Å². The van der Waals surface area contributed by atoms with Crippen LogP contribution in [0, 0.1) is 5.92 Å². The van der Waals surface area contributed by atoms with Crippen molar-refractivity contribution in [3.8, 4) is 0 Å². The van der Waals surface area contributed by atoms with Gasteiger partial charge in [-0.05, 0) is 103 Å². The van der Waals surface area contributed by atoms with Gasteiger partial charge in [-0.2, -0.15) is 0 Å². The zero-order valence-electron chi connectivity index (χ0n) is 17.1. The highest BCUT2D eigenvalue weighted by atomic mass is 15.1. The van der Waals surface area contributed by atoms with Gasteiger partial charge in [-0.1, -0.05) is 31.9 Å². The van der Waals surface area contributed by atoms with Crippen molar-refractivity contribution < 1.29 is 0 Å². The highest BCUT2D eigenvalue weighted by Crippen LogP contribution is 2.17. The Kier molecular flexibility index (Phi) is 18.1. The molecule has 0 bridgehead atoms. The van der Waals surface area contributed by atoms with Gasteiger partial charge in [0.1, 0.15) is 0 Å². The lowest BCUT2D eigenvalue weighted by Crippen LogP contribution is -2.29. The second-order valence-electron chi connectivity index (χ2n) is 7.66. The third kappa shape index (κ3) is 16.8. The Morgan fingerprint density at radius 2 is 1.32 bits per heavy atom. The Balaban J connectivity index is 4.08. The van der Waals surface area contributed by atoms with E-state index in [1.54, 1.807) is 5.57 Å². The average Bonchev–Trinajstić information content (AvgIpc) is 2.60. The molecule has 0 rings (SSSR count). The van der Waals surface area contributed by atoms with E-state index in [2.05, 4.69) is 24.8 Å². The molecular formula is C21H46N4. The molecule has 0 saturated heterocycles. The van der Waals surface area contributed by atoms with Crippen LogP contribution in [0.5, 0.6) is 0 Å². The Morgan fingerprint density at radius 1 is 0.760 bits per heavy atom. The molecule has 0 unspecified atom stereocenters. The summed E-state index contributed by atoms with van der Waals surface area (Å²) in [6.07, 6.45) is 14.7. The van der Waals surface area contributed by atoms with Gasteiger partial charge in [0.05, 0.1) is 0 Å². The summed E-state index contributed by atoms with van der Waals surface area (Å²) in [5, 5.41) is 0. The Hall–Kier alpha value is -0.420. The van der Waals surface area contributed by atoms with Crippen LogP contribution in [0.15, 0.2) is 11.6 Å². The van der Waals surface area contributed by atoms with E-state index in [0.29, 0.717) is 0 Å². The first-order chi connectivity index (χ1) is 12.1. The van der Waals surface area contributed by atoms with Crippen molar-refractivity contribution in [2.45, 2.75) is 78.1 Å². The standard InChI is InChI=1S/C21H46N4/c1-20(2)10-6-12-21(13-7-14-22)11-4-3-5-17-25(18-8-15-23)19-9-16-24/h11,20H,3-10,12-19,22-24H2,1-2H3/b21-11-.